The fourth-order valence-electron chi connectivity index (χ4n) is 3.47. The molecule has 5 nitrogen and oxygen atoms in total. The summed E-state index contributed by atoms with van der Waals surface area (Å²) in [7, 11) is 0. The van der Waals surface area contributed by atoms with E-state index in [1.165, 1.54) is 12.8 Å². The van der Waals surface area contributed by atoms with E-state index >= 15 is 0 Å². The number of aliphatic hydroxyl groups is 1. The number of hydrogen-bond donors (Lipinski definition) is 2. The van der Waals surface area contributed by atoms with Gasteiger partial charge in [-0.05, 0) is 25.7 Å². The topological polar surface area (TPSA) is 55.8 Å². The van der Waals surface area contributed by atoms with Gasteiger partial charge < -0.3 is 10.4 Å². The smallest absolute Gasteiger partial charge is 0.234 e. The number of nitrogens with zero attached hydrogens (tertiary/aromatic N) is 2. The summed E-state index contributed by atoms with van der Waals surface area (Å²) < 4.78 is 0. The van der Waals surface area contributed by atoms with Gasteiger partial charge in [-0.25, -0.2) is 0 Å². The van der Waals surface area contributed by atoms with Crippen molar-refractivity contribution < 1.29 is 9.90 Å². The van der Waals surface area contributed by atoms with Crippen LogP contribution >= 0.6 is 0 Å². The minimum Gasteiger partial charge on any atom is -0.391 e. The van der Waals surface area contributed by atoms with Crippen molar-refractivity contribution in [1.82, 2.24) is 15.1 Å². The molecule has 3 fully saturated rings. The normalized spacial score (nSPS) is 33.0. The van der Waals surface area contributed by atoms with Gasteiger partial charge >= 0.3 is 0 Å². The van der Waals surface area contributed by atoms with Gasteiger partial charge in [-0.3, -0.25) is 14.6 Å². The lowest BCUT2D eigenvalue weighted by Gasteiger charge is -2.42. The number of amides is 1. The van der Waals surface area contributed by atoms with Crippen LogP contribution in [0.15, 0.2) is 0 Å². The molecule has 2 atom stereocenters. The Balaban J connectivity index is 1.40. The molecule has 3 aliphatic rings. The Morgan fingerprint density at radius 2 is 1.75 bits per heavy atom. The van der Waals surface area contributed by atoms with E-state index in [9.17, 15) is 9.90 Å². The number of aliphatic hydroxyl groups excluding tert-OH is 1. The summed E-state index contributed by atoms with van der Waals surface area (Å²) >= 11 is 0. The standard InChI is InChI=1S/C15H27N3O2/c19-14-4-2-1-3-13(14)18-9-7-17(8-10-18)11-15(20)16-12-5-6-12/h12-14,19H,1-11H2,(H,16,20). The Labute approximate surface area is 121 Å². The van der Waals surface area contributed by atoms with Gasteiger partial charge in [0, 0.05) is 38.3 Å². The average Bonchev–Trinajstić information content (AvgIpc) is 3.24. The minimum absolute atomic E-state index is 0.145. The van der Waals surface area contributed by atoms with Crippen LogP contribution in [-0.2, 0) is 4.79 Å². The highest BCUT2D eigenvalue weighted by Crippen LogP contribution is 2.24. The van der Waals surface area contributed by atoms with Crippen LogP contribution in [0.4, 0.5) is 0 Å². The van der Waals surface area contributed by atoms with E-state index in [2.05, 4.69) is 15.1 Å². The quantitative estimate of drug-likeness (QED) is 0.772. The van der Waals surface area contributed by atoms with E-state index < -0.39 is 0 Å². The van der Waals surface area contributed by atoms with Crippen molar-refractivity contribution in [2.24, 2.45) is 0 Å². The average molecular weight is 281 g/mol. The molecule has 0 radical (unpaired) electrons. The molecule has 2 N–H and O–H groups in total. The molecule has 0 bridgehead atoms. The summed E-state index contributed by atoms with van der Waals surface area (Å²) in [4.78, 5) is 16.5. The summed E-state index contributed by atoms with van der Waals surface area (Å²) in [5, 5.41) is 13.2. The molecule has 114 valence electrons. The zero-order valence-electron chi connectivity index (χ0n) is 12.3. The molecule has 5 heteroatoms. The second-order valence-corrected chi connectivity index (χ2v) is 6.57. The Morgan fingerprint density at radius 3 is 2.40 bits per heavy atom. The summed E-state index contributed by atoms with van der Waals surface area (Å²) in [6.45, 7) is 4.40. The Bertz CT molecular complexity index is 338. The second kappa shape index (κ2) is 6.41. The van der Waals surface area contributed by atoms with Gasteiger partial charge in [0.15, 0.2) is 0 Å². The predicted octanol–water partition coefficient (Wildman–Crippen LogP) is 0.186. The van der Waals surface area contributed by atoms with Crippen LogP contribution in [0.5, 0.6) is 0 Å². The molecule has 3 rings (SSSR count). The molecule has 0 aromatic heterocycles. The number of rotatable bonds is 4. The van der Waals surface area contributed by atoms with Crippen LogP contribution < -0.4 is 5.32 Å². The van der Waals surface area contributed by atoms with Gasteiger partial charge in [0.25, 0.3) is 0 Å². The van der Waals surface area contributed by atoms with Gasteiger partial charge in [-0.15, -0.1) is 0 Å². The predicted molar refractivity (Wildman–Crippen MR) is 77.4 cm³/mol. The van der Waals surface area contributed by atoms with E-state index in [0.717, 1.165) is 51.9 Å². The third-order valence-electron chi connectivity index (χ3n) is 4.88. The van der Waals surface area contributed by atoms with Crippen LogP contribution in [0.1, 0.15) is 38.5 Å². The highest BCUT2D eigenvalue weighted by atomic mass is 16.3. The molecule has 1 saturated heterocycles. The fourth-order valence-corrected chi connectivity index (χ4v) is 3.47. The number of piperazine rings is 1. The number of nitrogens with one attached hydrogen (secondary N) is 1. The molecule has 2 saturated carbocycles. The number of carbonyl (C=O) groups is 1. The summed E-state index contributed by atoms with van der Waals surface area (Å²) in [6, 6.07) is 0.812. The zero-order chi connectivity index (χ0) is 13.9. The molecule has 0 spiro atoms. The SMILES string of the molecule is O=C(CN1CCN(C2CCCCC2O)CC1)NC1CC1. The summed E-state index contributed by atoms with van der Waals surface area (Å²) in [5.41, 5.74) is 0. The molecule has 1 aliphatic heterocycles. The van der Waals surface area contributed by atoms with Gasteiger partial charge in [0.05, 0.1) is 12.6 Å². The Morgan fingerprint density at radius 1 is 1.05 bits per heavy atom. The first-order chi connectivity index (χ1) is 9.72. The monoisotopic (exact) mass is 281 g/mol. The number of hydrogen-bond acceptors (Lipinski definition) is 4. The summed E-state index contributed by atoms with van der Waals surface area (Å²) in [6.07, 6.45) is 6.65. The van der Waals surface area contributed by atoms with Crippen LogP contribution in [0, 0.1) is 0 Å². The maximum atomic E-state index is 11.8. The highest BCUT2D eigenvalue weighted by Gasteiger charge is 2.31. The molecule has 2 aliphatic carbocycles. The molecular formula is C15H27N3O2. The first-order valence-electron chi connectivity index (χ1n) is 8.16. The van der Waals surface area contributed by atoms with Crippen LogP contribution in [0.2, 0.25) is 0 Å². The molecule has 0 aromatic rings. The Kier molecular flexibility index (Phi) is 4.58. The van der Waals surface area contributed by atoms with Crippen molar-refractivity contribution >= 4 is 5.91 Å². The number of carbonyl (C=O) groups excluding carboxylic acids is 1. The molecule has 1 heterocycles. The van der Waals surface area contributed by atoms with Crippen LogP contribution in [0.3, 0.4) is 0 Å². The molecular weight excluding hydrogens is 254 g/mol. The van der Waals surface area contributed by atoms with E-state index in [1.54, 1.807) is 0 Å². The van der Waals surface area contributed by atoms with Crippen LogP contribution in [0.25, 0.3) is 0 Å². The molecule has 20 heavy (non-hydrogen) atoms. The summed E-state index contributed by atoms with van der Waals surface area (Å²) in [5.74, 6) is 0.179. The van der Waals surface area contributed by atoms with Gasteiger partial charge in [-0.1, -0.05) is 12.8 Å². The molecule has 0 aromatic carbocycles. The van der Waals surface area contributed by atoms with E-state index in [1.807, 2.05) is 0 Å². The highest BCUT2D eigenvalue weighted by molar-refractivity contribution is 5.78. The van der Waals surface area contributed by atoms with Crippen molar-refractivity contribution in [3.63, 3.8) is 0 Å². The van der Waals surface area contributed by atoms with Crippen molar-refractivity contribution in [1.29, 1.82) is 0 Å². The third-order valence-corrected chi connectivity index (χ3v) is 4.88. The van der Waals surface area contributed by atoms with E-state index in [4.69, 9.17) is 0 Å². The lowest BCUT2D eigenvalue weighted by Crippen LogP contribution is -2.55. The molecule has 2 unspecified atom stereocenters. The van der Waals surface area contributed by atoms with E-state index in [-0.39, 0.29) is 12.0 Å². The van der Waals surface area contributed by atoms with Crippen LogP contribution in [-0.4, -0.2) is 71.7 Å². The largest absolute Gasteiger partial charge is 0.391 e. The van der Waals surface area contributed by atoms with Gasteiger partial charge in [0.1, 0.15) is 0 Å². The third kappa shape index (κ3) is 3.71. The fraction of sp³-hybridized carbons (Fsp3) is 0.933. The second-order valence-electron chi connectivity index (χ2n) is 6.57. The lowest BCUT2D eigenvalue weighted by atomic mass is 9.91. The van der Waals surface area contributed by atoms with E-state index in [0.29, 0.717) is 18.6 Å². The van der Waals surface area contributed by atoms with Crippen molar-refractivity contribution in [2.45, 2.75) is 56.7 Å². The van der Waals surface area contributed by atoms with Crippen molar-refractivity contribution in [3.05, 3.63) is 0 Å². The first-order valence-corrected chi connectivity index (χ1v) is 8.16. The van der Waals surface area contributed by atoms with Gasteiger partial charge in [-0.2, -0.15) is 0 Å². The maximum absolute atomic E-state index is 11.8. The lowest BCUT2D eigenvalue weighted by molar-refractivity contribution is -0.123. The zero-order valence-corrected chi connectivity index (χ0v) is 12.3. The Hall–Kier alpha value is -0.650. The minimum atomic E-state index is -0.145. The van der Waals surface area contributed by atoms with Gasteiger partial charge in [0.2, 0.25) is 5.91 Å². The van der Waals surface area contributed by atoms with Crippen molar-refractivity contribution in [2.75, 3.05) is 32.7 Å². The molecule has 1 amide bonds. The van der Waals surface area contributed by atoms with Crippen molar-refractivity contribution in [3.8, 4) is 0 Å². The maximum Gasteiger partial charge on any atom is 0.234 e. The first kappa shape index (κ1) is 14.3.